The van der Waals surface area contributed by atoms with Crippen molar-refractivity contribution in [1.29, 1.82) is 0 Å². The summed E-state index contributed by atoms with van der Waals surface area (Å²) in [7, 11) is 0. The number of fused-ring (bicyclic) bond motifs is 1. The van der Waals surface area contributed by atoms with Gasteiger partial charge in [-0.25, -0.2) is 0 Å². The van der Waals surface area contributed by atoms with Crippen LogP contribution in [0.4, 0.5) is 5.69 Å². The maximum absolute atomic E-state index is 12.5. The van der Waals surface area contributed by atoms with E-state index in [2.05, 4.69) is 24.0 Å². The molecule has 2 heterocycles. The summed E-state index contributed by atoms with van der Waals surface area (Å²) in [5, 5.41) is 8.99. The van der Waals surface area contributed by atoms with E-state index < -0.39 is 5.97 Å². The highest BCUT2D eigenvalue weighted by Gasteiger charge is 2.33. The minimum atomic E-state index is -1.04. The van der Waals surface area contributed by atoms with Gasteiger partial charge in [-0.2, -0.15) is 0 Å². The topological polar surface area (TPSA) is 70.1 Å². The number of aryl methyl sites for hydroxylation is 1. The zero-order chi connectivity index (χ0) is 29.5. The molecule has 1 fully saturated rings. The molecule has 8 heteroatoms. The molecule has 0 radical (unpaired) electrons. The van der Waals surface area contributed by atoms with Crippen LogP contribution in [0.3, 0.4) is 0 Å². The normalized spacial score (nSPS) is 16.7. The number of thiocarbonyl (C=S) groups is 1. The summed E-state index contributed by atoms with van der Waals surface area (Å²) in [6.45, 7) is 4.80. The first-order valence-corrected chi connectivity index (χ1v) is 16.9. The number of anilines is 1. The van der Waals surface area contributed by atoms with Gasteiger partial charge in [0, 0.05) is 12.6 Å². The molecule has 226 valence electrons. The molecule has 6 nitrogen and oxygen atoms in total. The van der Waals surface area contributed by atoms with Gasteiger partial charge in [0.1, 0.15) is 10.9 Å². The van der Waals surface area contributed by atoms with E-state index in [4.69, 9.17) is 17.0 Å². The molecular weight excluding hydrogens is 553 g/mol. The zero-order valence-corrected chi connectivity index (χ0v) is 26.6. The highest BCUT2D eigenvalue weighted by Crippen LogP contribution is 2.40. The van der Waals surface area contributed by atoms with Crippen LogP contribution in [0, 0.1) is 6.92 Å². The Bertz CT molecular complexity index is 1080. The van der Waals surface area contributed by atoms with Crippen LogP contribution in [0.25, 0.3) is 0 Å². The average molecular weight is 601 g/mol. The molecule has 2 aliphatic heterocycles. The van der Waals surface area contributed by atoms with Crippen LogP contribution >= 0.6 is 24.0 Å². The number of hydrogen-bond donors (Lipinski definition) is 1. The van der Waals surface area contributed by atoms with Crippen LogP contribution in [0.15, 0.2) is 41.9 Å². The lowest BCUT2D eigenvalue weighted by molar-refractivity contribution is -0.137. The first kappa shape index (κ1) is 33.2. The Morgan fingerprint density at radius 1 is 0.878 bits per heavy atom. The molecule has 1 aromatic carbocycles. The Hall–Kier alpha value is -2.32. The number of benzene rings is 1. The van der Waals surface area contributed by atoms with E-state index in [1.807, 2.05) is 13.0 Å². The van der Waals surface area contributed by atoms with Crippen molar-refractivity contribution in [1.82, 2.24) is 4.90 Å². The summed E-state index contributed by atoms with van der Waals surface area (Å²) >= 11 is 6.10. The quantitative estimate of drug-likeness (QED) is 0.0903. The van der Waals surface area contributed by atoms with Crippen LogP contribution < -0.4 is 9.64 Å². The van der Waals surface area contributed by atoms with Gasteiger partial charge >= 0.3 is 5.97 Å². The van der Waals surface area contributed by atoms with Gasteiger partial charge in [0.2, 0.25) is 11.0 Å². The molecule has 0 bridgehead atoms. The van der Waals surface area contributed by atoms with Gasteiger partial charge < -0.3 is 19.6 Å². The van der Waals surface area contributed by atoms with Crippen molar-refractivity contribution in [3.05, 3.63) is 47.5 Å². The third-order valence-corrected chi connectivity index (χ3v) is 8.96. The Morgan fingerprint density at radius 2 is 1.44 bits per heavy atom. The molecule has 2 aliphatic rings. The summed E-state index contributed by atoms with van der Waals surface area (Å²) in [6, 6.07) is 6.17. The van der Waals surface area contributed by atoms with Crippen molar-refractivity contribution in [2.45, 2.75) is 117 Å². The number of carbonyl (C=O) groups is 2. The van der Waals surface area contributed by atoms with Crippen molar-refractivity contribution in [3.8, 4) is 5.75 Å². The SMILES string of the molecule is CCCCCCCCCCCCCCCCCCN1/C(=C\C=C2/C(=O)SC(=S)N2CC(=O)O)Oc2cc(C)ccc21. The fraction of sp³-hybridized carbons (Fsp3) is 0.606. The van der Waals surface area contributed by atoms with Crippen molar-refractivity contribution in [2.24, 2.45) is 0 Å². The second-order valence-electron chi connectivity index (χ2n) is 11.2. The van der Waals surface area contributed by atoms with Crippen molar-refractivity contribution in [3.63, 3.8) is 0 Å². The molecule has 0 unspecified atom stereocenters. The number of carboxylic acid groups (broad SMARTS) is 1. The lowest BCUT2D eigenvalue weighted by Gasteiger charge is -2.18. The first-order chi connectivity index (χ1) is 19.9. The van der Waals surface area contributed by atoms with E-state index >= 15 is 0 Å². The molecular formula is C33H48N2O4S2. The predicted molar refractivity (Wildman–Crippen MR) is 174 cm³/mol. The fourth-order valence-electron chi connectivity index (χ4n) is 5.37. The molecule has 1 saturated heterocycles. The molecule has 0 aliphatic carbocycles. The number of hydrogen-bond acceptors (Lipinski definition) is 6. The highest BCUT2D eigenvalue weighted by atomic mass is 32.2. The van der Waals surface area contributed by atoms with Crippen LogP contribution in [0.2, 0.25) is 0 Å². The van der Waals surface area contributed by atoms with Gasteiger partial charge in [0.15, 0.2) is 5.75 Å². The highest BCUT2D eigenvalue weighted by molar-refractivity contribution is 8.33. The monoisotopic (exact) mass is 600 g/mol. The largest absolute Gasteiger partial charge is 0.480 e. The Balaban J connectivity index is 1.40. The molecule has 0 spiro atoms. The minimum Gasteiger partial charge on any atom is -0.480 e. The van der Waals surface area contributed by atoms with Gasteiger partial charge in [-0.05, 0) is 48.9 Å². The molecule has 0 amide bonds. The first-order valence-electron chi connectivity index (χ1n) is 15.6. The summed E-state index contributed by atoms with van der Waals surface area (Å²) < 4.78 is 6.44. The van der Waals surface area contributed by atoms with Crippen LogP contribution in [0.1, 0.15) is 115 Å². The number of carboxylic acids is 1. The van der Waals surface area contributed by atoms with E-state index in [0.29, 0.717) is 5.88 Å². The van der Waals surface area contributed by atoms with Crippen LogP contribution in [0.5, 0.6) is 5.75 Å². The van der Waals surface area contributed by atoms with Crippen molar-refractivity contribution >= 4 is 45.1 Å². The third-order valence-electron chi connectivity index (χ3n) is 7.70. The van der Waals surface area contributed by atoms with Gasteiger partial charge in [-0.1, -0.05) is 122 Å². The lowest BCUT2D eigenvalue weighted by Crippen LogP contribution is -2.28. The van der Waals surface area contributed by atoms with Crippen LogP contribution in [-0.2, 0) is 9.59 Å². The number of ether oxygens (including phenoxy) is 1. The second kappa shape index (κ2) is 18.3. The predicted octanol–water partition coefficient (Wildman–Crippen LogP) is 9.13. The number of rotatable bonds is 20. The molecule has 1 N–H and O–H groups in total. The summed E-state index contributed by atoms with van der Waals surface area (Å²) in [4.78, 5) is 27.3. The third kappa shape index (κ3) is 11.1. The molecule has 0 saturated carbocycles. The minimum absolute atomic E-state index is 0.246. The van der Waals surface area contributed by atoms with Gasteiger partial charge in [0.05, 0.1) is 11.4 Å². The van der Waals surface area contributed by atoms with Gasteiger partial charge in [-0.3, -0.25) is 9.59 Å². The van der Waals surface area contributed by atoms with E-state index in [9.17, 15) is 14.7 Å². The molecule has 41 heavy (non-hydrogen) atoms. The van der Waals surface area contributed by atoms with Crippen LogP contribution in [-0.4, -0.2) is 38.5 Å². The summed E-state index contributed by atoms with van der Waals surface area (Å²) in [5.41, 5.74) is 2.41. The zero-order valence-electron chi connectivity index (χ0n) is 25.0. The van der Waals surface area contributed by atoms with E-state index in [0.717, 1.165) is 41.7 Å². The maximum atomic E-state index is 12.5. The summed E-state index contributed by atoms with van der Waals surface area (Å²) in [5.74, 6) is 0.410. The van der Waals surface area contributed by atoms with Gasteiger partial charge in [0.25, 0.3) is 0 Å². The number of aliphatic carboxylic acids is 1. The molecule has 0 atom stereocenters. The van der Waals surface area contributed by atoms with E-state index in [1.54, 1.807) is 12.2 Å². The Labute approximate surface area is 256 Å². The number of allylic oxidation sites excluding steroid dienone is 2. The smallest absolute Gasteiger partial charge is 0.323 e. The maximum Gasteiger partial charge on any atom is 0.323 e. The second-order valence-corrected chi connectivity index (χ2v) is 12.8. The lowest BCUT2D eigenvalue weighted by atomic mass is 10.0. The Kier molecular flexibility index (Phi) is 14.8. The Morgan fingerprint density at radius 3 is 2.00 bits per heavy atom. The summed E-state index contributed by atoms with van der Waals surface area (Å²) in [6.07, 6.45) is 24.8. The number of unbranched alkanes of at least 4 members (excludes halogenated alkanes) is 15. The van der Waals surface area contributed by atoms with Crippen molar-refractivity contribution < 1.29 is 19.4 Å². The average Bonchev–Trinajstić information content (AvgIpc) is 3.41. The fourth-order valence-corrected chi connectivity index (χ4v) is 6.48. The number of thioether (sulfide) groups is 1. The van der Waals surface area contributed by atoms with Crippen molar-refractivity contribution in [2.75, 3.05) is 18.0 Å². The number of carbonyl (C=O) groups excluding carboxylic acids is 1. The molecule has 3 rings (SSSR count). The van der Waals surface area contributed by atoms with E-state index in [1.165, 1.54) is 101 Å². The van der Waals surface area contributed by atoms with Gasteiger partial charge in [-0.15, -0.1) is 0 Å². The number of nitrogens with zero attached hydrogens (tertiary/aromatic N) is 2. The van der Waals surface area contributed by atoms with E-state index in [-0.39, 0.29) is 21.7 Å². The molecule has 0 aromatic heterocycles. The standard InChI is InChI=1S/C33H48N2O4S2/c1-3-4-5-6-7-8-9-10-11-12-13-14-15-16-17-18-23-34-27-20-19-26(2)24-29(27)39-30(34)22-21-28-32(38)41-33(40)35(28)25-31(36)37/h19-22,24H,3-18,23,25H2,1-2H3,(H,36,37)/b28-21+,30-22+. The molecule has 1 aromatic rings.